The molecule has 1 saturated carbocycles. The van der Waals surface area contributed by atoms with Crippen LogP contribution in [-0.2, 0) is 11.2 Å². The Balaban J connectivity index is 1.83. The average Bonchev–Trinajstić information content (AvgIpc) is 2.54. The molecule has 1 aliphatic carbocycles. The van der Waals surface area contributed by atoms with E-state index in [1.54, 1.807) is 0 Å². The van der Waals surface area contributed by atoms with Gasteiger partial charge in [-0.1, -0.05) is 38.3 Å². The first kappa shape index (κ1) is 18.8. The van der Waals surface area contributed by atoms with E-state index in [-0.39, 0.29) is 11.9 Å². The minimum absolute atomic E-state index is 0.189. The van der Waals surface area contributed by atoms with Gasteiger partial charge < -0.3 is 15.4 Å². The van der Waals surface area contributed by atoms with Crippen LogP contribution in [0, 0.1) is 0 Å². The summed E-state index contributed by atoms with van der Waals surface area (Å²) in [5.74, 6) is 1.06. The molecule has 0 unspecified atom stereocenters. The van der Waals surface area contributed by atoms with Crippen molar-refractivity contribution in [3.63, 3.8) is 0 Å². The molecule has 0 aromatic heterocycles. The Bertz CT molecular complexity index is 512. The van der Waals surface area contributed by atoms with Crippen LogP contribution in [-0.4, -0.2) is 36.0 Å². The van der Waals surface area contributed by atoms with Gasteiger partial charge >= 0.3 is 0 Å². The molecule has 134 valence electrons. The molecule has 1 fully saturated rings. The van der Waals surface area contributed by atoms with Crippen LogP contribution < -0.4 is 10.5 Å². The molecule has 0 heterocycles. The Kier molecular flexibility index (Phi) is 7.57. The van der Waals surface area contributed by atoms with E-state index in [1.807, 2.05) is 36.1 Å². The number of nitrogens with zero attached hydrogens (tertiary/aromatic N) is 1. The molecule has 0 bridgehead atoms. The zero-order chi connectivity index (χ0) is 17.4. The number of carbonyl (C=O) groups excluding carboxylic acids is 1. The van der Waals surface area contributed by atoms with Crippen LogP contribution in [0.2, 0.25) is 0 Å². The Hall–Kier alpha value is -1.55. The van der Waals surface area contributed by atoms with E-state index in [0.717, 1.165) is 43.7 Å². The molecular formula is C20H32N2O2. The normalized spacial score (nSPS) is 19.6. The van der Waals surface area contributed by atoms with Gasteiger partial charge in [-0.25, -0.2) is 0 Å². The first-order chi connectivity index (χ1) is 11.6. The number of benzene rings is 1. The minimum Gasteiger partial charge on any atom is -0.494 e. The second-order valence-corrected chi connectivity index (χ2v) is 6.80. The van der Waals surface area contributed by atoms with E-state index >= 15 is 0 Å². The summed E-state index contributed by atoms with van der Waals surface area (Å²) in [6, 6.07) is 8.53. The third-order valence-corrected chi connectivity index (χ3v) is 4.77. The number of hydrogen-bond donors (Lipinski definition) is 1. The van der Waals surface area contributed by atoms with E-state index in [0.29, 0.717) is 12.5 Å². The number of nitrogens with two attached hydrogens (primary N) is 1. The molecule has 1 aromatic carbocycles. The molecule has 1 aromatic rings. The summed E-state index contributed by atoms with van der Waals surface area (Å²) in [5, 5.41) is 0. The largest absolute Gasteiger partial charge is 0.494 e. The number of unbranched alkanes of at least 4 members (excludes halogenated alkanes) is 3. The molecule has 0 saturated heterocycles. The molecule has 0 aliphatic heterocycles. The monoisotopic (exact) mass is 332 g/mol. The van der Waals surface area contributed by atoms with Crippen molar-refractivity contribution in [2.75, 3.05) is 13.2 Å². The van der Waals surface area contributed by atoms with Gasteiger partial charge in [0.05, 0.1) is 13.0 Å². The lowest BCUT2D eigenvalue weighted by molar-refractivity contribution is -0.134. The van der Waals surface area contributed by atoms with E-state index in [4.69, 9.17) is 10.5 Å². The van der Waals surface area contributed by atoms with Crippen LogP contribution in [0.15, 0.2) is 24.3 Å². The highest BCUT2D eigenvalue weighted by Gasteiger charge is 2.32. The van der Waals surface area contributed by atoms with Crippen molar-refractivity contribution in [2.45, 2.75) is 70.9 Å². The van der Waals surface area contributed by atoms with Gasteiger partial charge in [-0.05, 0) is 43.9 Å². The fourth-order valence-corrected chi connectivity index (χ4v) is 3.26. The van der Waals surface area contributed by atoms with Crippen LogP contribution in [0.5, 0.6) is 5.75 Å². The van der Waals surface area contributed by atoms with Crippen LogP contribution in [0.4, 0.5) is 0 Å². The van der Waals surface area contributed by atoms with Crippen LogP contribution >= 0.6 is 0 Å². The van der Waals surface area contributed by atoms with Crippen LogP contribution in [0.1, 0.15) is 57.9 Å². The lowest BCUT2D eigenvalue weighted by Gasteiger charge is -2.41. The molecule has 0 radical (unpaired) electrons. The molecule has 1 aliphatic rings. The van der Waals surface area contributed by atoms with E-state index in [1.165, 1.54) is 19.3 Å². The average molecular weight is 332 g/mol. The predicted octanol–water partition coefficient (Wildman–Crippen LogP) is 3.53. The van der Waals surface area contributed by atoms with Crippen LogP contribution in [0.3, 0.4) is 0 Å². The van der Waals surface area contributed by atoms with Crippen molar-refractivity contribution in [1.29, 1.82) is 0 Å². The topological polar surface area (TPSA) is 55.6 Å². The smallest absolute Gasteiger partial charge is 0.227 e. The van der Waals surface area contributed by atoms with Crippen molar-refractivity contribution >= 4 is 5.91 Å². The summed E-state index contributed by atoms with van der Waals surface area (Å²) >= 11 is 0. The number of hydrogen-bond acceptors (Lipinski definition) is 3. The first-order valence-corrected chi connectivity index (χ1v) is 9.40. The number of amides is 1. The number of ether oxygens (including phenoxy) is 1. The van der Waals surface area contributed by atoms with Gasteiger partial charge in [0.25, 0.3) is 0 Å². The van der Waals surface area contributed by atoms with Gasteiger partial charge in [-0.2, -0.15) is 0 Å². The van der Waals surface area contributed by atoms with Crippen LogP contribution in [0.25, 0.3) is 0 Å². The highest BCUT2D eigenvalue weighted by molar-refractivity contribution is 5.79. The standard InChI is InChI=1S/C20H32N2O2/c1-3-5-6-7-11-24-19-10-8-9-16(12-19)13-20(23)22(4-2)18-14-17(21)15-18/h8-10,12,17-18H,3-7,11,13-15,21H2,1-2H3. The summed E-state index contributed by atoms with van der Waals surface area (Å²) in [5.41, 5.74) is 6.88. The Labute approximate surface area is 146 Å². The van der Waals surface area contributed by atoms with Gasteiger partial charge in [0.2, 0.25) is 5.91 Å². The van der Waals surface area contributed by atoms with Gasteiger partial charge in [0, 0.05) is 18.6 Å². The summed E-state index contributed by atoms with van der Waals surface area (Å²) in [4.78, 5) is 14.5. The van der Waals surface area contributed by atoms with Crippen molar-refractivity contribution in [3.05, 3.63) is 29.8 Å². The maximum absolute atomic E-state index is 12.6. The highest BCUT2D eigenvalue weighted by Crippen LogP contribution is 2.25. The quantitative estimate of drug-likeness (QED) is 0.667. The molecule has 0 spiro atoms. The third-order valence-electron chi connectivity index (χ3n) is 4.77. The molecular weight excluding hydrogens is 300 g/mol. The Morgan fingerprint density at radius 3 is 2.71 bits per heavy atom. The predicted molar refractivity (Wildman–Crippen MR) is 98.2 cm³/mol. The second kappa shape index (κ2) is 9.67. The fraction of sp³-hybridized carbons (Fsp3) is 0.650. The fourth-order valence-electron chi connectivity index (χ4n) is 3.26. The van der Waals surface area contributed by atoms with Gasteiger partial charge in [0.1, 0.15) is 5.75 Å². The number of rotatable bonds is 10. The minimum atomic E-state index is 0.189. The van der Waals surface area contributed by atoms with Crippen molar-refractivity contribution in [2.24, 2.45) is 5.73 Å². The lowest BCUT2D eigenvalue weighted by Crippen LogP contribution is -2.53. The zero-order valence-electron chi connectivity index (χ0n) is 15.2. The maximum Gasteiger partial charge on any atom is 0.227 e. The van der Waals surface area contributed by atoms with Crippen molar-refractivity contribution in [1.82, 2.24) is 4.90 Å². The van der Waals surface area contributed by atoms with E-state index in [9.17, 15) is 4.79 Å². The summed E-state index contributed by atoms with van der Waals surface area (Å²) < 4.78 is 5.81. The number of likely N-dealkylation sites (N-methyl/N-ethyl adjacent to an activating group) is 1. The molecule has 0 atom stereocenters. The van der Waals surface area contributed by atoms with Gasteiger partial charge in [-0.15, -0.1) is 0 Å². The maximum atomic E-state index is 12.6. The Morgan fingerprint density at radius 2 is 2.04 bits per heavy atom. The number of carbonyl (C=O) groups is 1. The molecule has 24 heavy (non-hydrogen) atoms. The van der Waals surface area contributed by atoms with Gasteiger partial charge in [-0.3, -0.25) is 4.79 Å². The van der Waals surface area contributed by atoms with Crippen molar-refractivity contribution < 1.29 is 9.53 Å². The summed E-state index contributed by atoms with van der Waals surface area (Å²) in [6.45, 7) is 5.75. The molecule has 4 heteroatoms. The lowest BCUT2D eigenvalue weighted by atomic mass is 9.86. The zero-order valence-corrected chi connectivity index (χ0v) is 15.2. The SMILES string of the molecule is CCCCCCOc1cccc(CC(=O)N(CC)C2CC(N)C2)c1. The summed E-state index contributed by atoms with van der Waals surface area (Å²) in [7, 11) is 0. The highest BCUT2D eigenvalue weighted by atomic mass is 16.5. The summed E-state index contributed by atoms with van der Waals surface area (Å²) in [6.07, 6.45) is 7.09. The first-order valence-electron chi connectivity index (χ1n) is 9.40. The molecule has 4 nitrogen and oxygen atoms in total. The van der Waals surface area contributed by atoms with E-state index < -0.39 is 0 Å². The molecule has 2 N–H and O–H groups in total. The van der Waals surface area contributed by atoms with E-state index in [2.05, 4.69) is 6.92 Å². The third kappa shape index (κ3) is 5.52. The van der Waals surface area contributed by atoms with Gasteiger partial charge in [0.15, 0.2) is 0 Å². The second-order valence-electron chi connectivity index (χ2n) is 6.80. The molecule has 2 rings (SSSR count). The Morgan fingerprint density at radius 1 is 1.25 bits per heavy atom. The molecule has 1 amide bonds. The van der Waals surface area contributed by atoms with Crippen molar-refractivity contribution in [3.8, 4) is 5.75 Å².